The number of benzene rings is 2. The molecule has 0 N–H and O–H groups in total. The van der Waals surface area contributed by atoms with Crippen LogP contribution < -0.4 is 9.47 Å². The van der Waals surface area contributed by atoms with Crippen LogP contribution in [-0.2, 0) is 9.84 Å². The molecule has 0 atom stereocenters. The van der Waals surface area contributed by atoms with Gasteiger partial charge in [-0.25, -0.2) is 12.8 Å². The Balaban J connectivity index is 2.56. The van der Waals surface area contributed by atoms with Crippen molar-refractivity contribution in [1.29, 1.82) is 5.26 Å². The molecule has 2 aromatic rings. The SMILES string of the molecule is COc1cc(C=C(C#N)S(=O)(=O)c2ccc(F)cc2)cc(Cl)c1OC. The monoisotopic (exact) mass is 381 g/mol. The number of methoxy groups -OCH3 is 2. The fourth-order valence-corrected chi connectivity index (χ4v) is 3.54. The van der Waals surface area contributed by atoms with Crippen LogP contribution in [0, 0.1) is 17.1 Å². The van der Waals surface area contributed by atoms with Crippen LogP contribution in [-0.4, -0.2) is 22.6 Å². The van der Waals surface area contributed by atoms with Gasteiger partial charge in [0.25, 0.3) is 0 Å². The topological polar surface area (TPSA) is 76.4 Å². The molecule has 0 unspecified atom stereocenters. The number of rotatable bonds is 5. The number of nitrogens with zero attached hydrogens (tertiary/aromatic N) is 1. The summed E-state index contributed by atoms with van der Waals surface area (Å²) in [5, 5.41) is 9.47. The van der Waals surface area contributed by atoms with Gasteiger partial charge in [0.1, 0.15) is 16.8 Å². The lowest BCUT2D eigenvalue weighted by atomic mass is 10.2. The summed E-state index contributed by atoms with van der Waals surface area (Å²) in [4.78, 5) is -0.698. The van der Waals surface area contributed by atoms with Crippen LogP contribution in [0.2, 0.25) is 5.02 Å². The lowest BCUT2D eigenvalue weighted by Gasteiger charge is -2.10. The molecule has 0 fully saturated rings. The van der Waals surface area contributed by atoms with E-state index in [4.69, 9.17) is 21.1 Å². The van der Waals surface area contributed by atoms with Crippen molar-refractivity contribution in [3.05, 3.63) is 57.7 Å². The normalized spacial score (nSPS) is 11.7. The number of nitriles is 1. The van der Waals surface area contributed by atoms with E-state index in [2.05, 4.69) is 0 Å². The summed E-state index contributed by atoms with van der Waals surface area (Å²) in [6, 6.07) is 8.79. The molecule has 0 saturated heterocycles. The predicted octanol–water partition coefficient (Wildman–Crippen LogP) is 3.83. The third-order valence-electron chi connectivity index (χ3n) is 3.28. The molecule has 2 rings (SSSR count). The van der Waals surface area contributed by atoms with Crippen LogP contribution >= 0.6 is 11.6 Å². The van der Waals surface area contributed by atoms with E-state index >= 15 is 0 Å². The van der Waals surface area contributed by atoms with Crippen molar-refractivity contribution in [3.8, 4) is 17.6 Å². The quantitative estimate of drug-likeness (QED) is 0.581. The molecule has 0 saturated carbocycles. The molecule has 0 spiro atoms. The lowest BCUT2D eigenvalue weighted by Crippen LogP contribution is -2.03. The summed E-state index contributed by atoms with van der Waals surface area (Å²) in [5.74, 6) is 0.00652. The molecule has 0 aliphatic heterocycles. The first-order chi connectivity index (χ1) is 11.8. The van der Waals surface area contributed by atoms with E-state index in [9.17, 15) is 18.1 Å². The van der Waals surface area contributed by atoms with Crippen molar-refractivity contribution in [3.63, 3.8) is 0 Å². The van der Waals surface area contributed by atoms with E-state index in [0.29, 0.717) is 11.3 Å². The fourth-order valence-electron chi connectivity index (χ4n) is 2.08. The number of ether oxygens (including phenoxy) is 2. The highest BCUT2D eigenvalue weighted by Crippen LogP contribution is 2.37. The summed E-state index contributed by atoms with van der Waals surface area (Å²) in [6.45, 7) is 0. The Hall–Kier alpha value is -2.56. The molecule has 0 amide bonds. The van der Waals surface area contributed by atoms with E-state index < -0.39 is 20.6 Å². The Morgan fingerprint density at radius 3 is 2.36 bits per heavy atom. The van der Waals surface area contributed by atoms with Gasteiger partial charge in [-0.1, -0.05) is 11.6 Å². The van der Waals surface area contributed by atoms with Gasteiger partial charge < -0.3 is 9.47 Å². The molecule has 0 heterocycles. The predicted molar refractivity (Wildman–Crippen MR) is 91.7 cm³/mol. The zero-order valence-electron chi connectivity index (χ0n) is 13.3. The standard InChI is InChI=1S/C17H13ClFNO4S/c1-23-16-9-11(8-15(18)17(16)24-2)7-14(10-20)25(21,22)13-5-3-12(19)4-6-13/h3-9H,1-2H3. The largest absolute Gasteiger partial charge is 0.493 e. The molecule has 0 bridgehead atoms. The Bertz CT molecular complexity index is 963. The van der Waals surface area contributed by atoms with Gasteiger partial charge >= 0.3 is 0 Å². The van der Waals surface area contributed by atoms with Gasteiger partial charge in [-0.2, -0.15) is 5.26 Å². The molecule has 5 nitrogen and oxygen atoms in total. The summed E-state index contributed by atoms with van der Waals surface area (Å²) < 4.78 is 48.3. The van der Waals surface area contributed by atoms with Crippen LogP contribution in [0.5, 0.6) is 11.5 Å². The minimum Gasteiger partial charge on any atom is -0.493 e. The number of allylic oxidation sites excluding steroid dienone is 1. The zero-order chi connectivity index (χ0) is 18.6. The molecule has 0 aromatic heterocycles. The molecular weight excluding hydrogens is 369 g/mol. The molecule has 0 radical (unpaired) electrons. The smallest absolute Gasteiger partial charge is 0.216 e. The minimum atomic E-state index is -4.10. The van der Waals surface area contributed by atoms with Crippen molar-refractivity contribution < 1.29 is 22.3 Å². The lowest BCUT2D eigenvalue weighted by molar-refractivity contribution is 0.355. The van der Waals surface area contributed by atoms with Gasteiger partial charge in [0, 0.05) is 0 Å². The highest BCUT2D eigenvalue weighted by molar-refractivity contribution is 7.95. The first-order valence-electron chi connectivity index (χ1n) is 6.87. The van der Waals surface area contributed by atoms with Gasteiger partial charge in [0.2, 0.25) is 9.84 Å². The Labute approximate surface area is 149 Å². The number of sulfone groups is 1. The highest BCUT2D eigenvalue weighted by Gasteiger charge is 2.21. The van der Waals surface area contributed by atoms with E-state index in [-0.39, 0.29) is 15.7 Å². The number of halogens is 2. The van der Waals surface area contributed by atoms with Crippen molar-refractivity contribution in [2.45, 2.75) is 4.90 Å². The first-order valence-corrected chi connectivity index (χ1v) is 8.73. The van der Waals surface area contributed by atoms with Gasteiger partial charge in [0.15, 0.2) is 11.5 Å². The number of hydrogen-bond acceptors (Lipinski definition) is 5. The van der Waals surface area contributed by atoms with E-state index in [1.807, 2.05) is 0 Å². The molecule has 130 valence electrons. The summed E-state index contributed by atoms with van der Waals surface area (Å²) in [5.41, 5.74) is 0.338. The zero-order valence-corrected chi connectivity index (χ0v) is 14.9. The fraction of sp³-hybridized carbons (Fsp3) is 0.118. The van der Waals surface area contributed by atoms with E-state index in [1.165, 1.54) is 26.4 Å². The van der Waals surface area contributed by atoms with Crippen LogP contribution in [0.25, 0.3) is 6.08 Å². The molecule has 25 heavy (non-hydrogen) atoms. The van der Waals surface area contributed by atoms with Gasteiger partial charge in [-0.15, -0.1) is 0 Å². The Morgan fingerprint density at radius 1 is 1.20 bits per heavy atom. The molecule has 8 heteroatoms. The third kappa shape index (κ3) is 3.92. The summed E-state index contributed by atoms with van der Waals surface area (Å²) in [6.07, 6.45) is 1.16. The van der Waals surface area contributed by atoms with Crippen molar-refractivity contribution in [1.82, 2.24) is 0 Å². The van der Waals surface area contributed by atoms with Crippen LogP contribution in [0.1, 0.15) is 5.56 Å². The maximum Gasteiger partial charge on any atom is 0.216 e. The van der Waals surface area contributed by atoms with Crippen molar-refractivity contribution >= 4 is 27.5 Å². The Morgan fingerprint density at radius 2 is 1.84 bits per heavy atom. The maximum atomic E-state index is 13.0. The average Bonchev–Trinajstić information content (AvgIpc) is 2.59. The second-order valence-corrected chi connectivity index (χ2v) is 7.14. The van der Waals surface area contributed by atoms with Crippen LogP contribution in [0.15, 0.2) is 46.2 Å². The highest BCUT2D eigenvalue weighted by atomic mass is 35.5. The third-order valence-corrected chi connectivity index (χ3v) is 5.24. The van der Waals surface area contributed by atoms with E-state index in [0.717, 1.165) is 30.3 Å². The molecule has 0 aliphatic carbocycles. The number of hydrogen-bond donors (Lipinski definition) is 0. The van der Waals surface area contributed by atoms with E-state index in [1.54, 1.807) is 6.07 Å². The Kier molecular flexibility index (Phi) is 5.67. The van der Waals surface area contributed by atoms with Gasteiger partial charge in [-0.05, 0) is 48.0 Å². The second-order valence-electron chi connectivity index (χ2n) is 4.82. The second kappa shape index (κ2) is 7.55. The minimum absolute atomic E-state index is 0.187. The molecule has 2 aromatic carbocycles. The maximum absolute atomic E-state index is 13.0. The van der Waals surface area contributed by atoms with Crippen LogP contribution in [0.3, 0.4) is 0 Å². The van der Waals surface area contributed by atoms with Gasteiger partial charge in [-0.3, -0.25) is 0 Å². The molecule has 0 aliphatic rings. The van der Waals surface area contributed by atoms with Crippen LogP contribution in [0.4, 0.5) is 4.39 Å². The van der Waals surface area contributed by atoms with Gasteiger partial charge in [0.05, 0.1) is 24.1 Å². The summed E-state index contributed by atoms with van der Waals surface area (Å²) in [7, 11) is -1.28. The summed E-state index contributed by atoms with van der Waals surface area (Å²) >= 11 is 6.08. The van der Waals surface area contributed by atoms with Crippen molar-refractivity contribution in [2.24, 2.45) is 0 Å². The first kappa shape index (κ1) is 18.8. The molecular formula is C17H13ClFNO4S. The van der Waals surface area contributed by atoms with Crippen molar-refractivity contribution in [2.75, 3.05) is 14.2 Å². The average molecular weight is 382 g/mol.